The van der Waals surface area contributed by atoms with Gasteiger partial charge in [0.05, 0.1) is 5.69 Å². The summed E-state index contributed by atoms with van der Waals surface area (Å²) in [4.78, 5) is 13.0. The number of rotatable bonds is 9. The number of unbranched alkanes of at least 4 members (excludes halogenated alkanes) is 2. The molecule has 0 fully saturated rings. The van der Waals surface area contributed by atoms with Crippen molar-refractivity contribution >= 4 is 12.0 Å². The van der Waals surface area contributed by atoms with Gasteiger partial charge in [-0.25, -0.2) is 0 Å². The molecule has 0 aliphatic rings. The van der Waals surface area contributed by atoms with E-state index in [0.717, 1.165) is 11.3 Å². The van der Waals surface area contributed by atoms with Gasteiger partial charge in [-0.2, -0.15) is 0 Å². The van der Waals surface area contributed by atoms with Crippen molar-refractivity contribution in [3.8, 4) is 0 Å². The van der Waals surface area contributed by atoms with Crippen LogP contribution in [0.3, 0.4) is 0 Å². The van der Waals surface area contributed by atoms with Gasteiger partial charge >= 0.3 is 0 Å². The highest BCUT2D eigenvalue weighted by molar-refractivity contribution is 5.99. The molecule has 1 atom stereocenters. The molecule has 0 saturated carbocycles. The van der Waals surface area contributed by atoms with Crippen molar-refractivity contribution in [3.05, 3.63) is 88.8 Å². The van der Waals surface area contributed by atoms with Crippen LogP contribution in [0.25, 0.3) is 6.08 Å². The molecule has 2 rings (SSSR count). The highest BCUT2D eigenvalue weighted by Gasteiger charge is 2.11. The summed E-state index contributed by atoms with van der Waals surface area (Å²) >= 11 is 0. The second kappa shape index (κ2) is 12.9. The van der Waals surface area contributed by atoms with Crippen LogP contribution in [0.5, 0.6) is 0 Å². The number of amides is 1. The molecule has 1 N–H and O–H groups in total. The number of allylic oxidation sites excluding steroid dienone is 1. The fourth-order valence-electron chi connectivity index (χ4n) is 3.58. The lowest BCUT2D eigenvalue weighted by molar-refractivity contribution is 0.101. The van der Waals surface area contributed by atoms with E-state index in [1.807, 2.05) is 53.3 Å². The molecule has 0 radical (unpaired) electrons. The second-order valence-electron chi connectivity index (χ2n) is 9.03. The van der Waals surface area contributed by atoms with E-state index in [1.54, 1.807) is 0 Å². The summed E-state index contributed by atoms with van der Waals surface area (Å²) in [6.45, 7) is 13.1. The summed E-state index contributed by atoms with van der Waals surface area (Å²) in [6.07, 6.45) is 9.12. The van der Waals surface area contributed by atoms with E-state index < -0.39 is 0 Å². The molecule has 2 aromatic rings. The van der Waals surface area contributed by atoms with Crippen LogP contribution in [-0.4, -0.2) is 10.6 Å². The van der Waals surface area contributed by atoms with E-state index in [-0.39, 0.29) is 5.91 Å². The number of carbonyl (C=O) groups excluding carboxylic acids is 1. The van der Waals surface area contributed by atoms with Crippen molar-refractivity contribution in [1.29, 1.82) is 0 Å². The summed E-state index contributed by atoms with van der Waals surface area (Å²) in [5, 5.41) is 0. The van der Waals surface area contributed by atoms with E-state index in [2.05, 4.69) is 65.2 Å². The quantitative estimate of drug-likeness (QED) is 0.400. The van der Waals surface area contributed by atoms with Crippen LogP contribution >= 0.6 is 0 Å². The van der Waals surface area contributed by atoms with Gasteiger partial charge in [0.15, 0.2) is 0 Å². The first-order valence-corrected chi connectivity index (χ1v) is 11.9. The van der Waals surface area contributed by atoms with E-state index in [4.69, 9.17) is 0 Å². The highest BCUT2D eigenvalue weighted by Crippen LogP contribution is 2.22. The van der Waals surface area contributed by atoms with Gasteiger partial charge in [0.2, 0.25) is 0 Å². The number of nitrogens with one attached hydrogen (secondary N) is 1. The average molecular weight is 433 g/mol. The molecule has 0 saturated heterocycles. The number of aromatic nitrogens is 1. The van der Waals surface area contributed by atoms with Crippen LogP contribution in [0.2, 0.25) is 0 Å². The molecule has 0 bridgehead atoms. The van der Waals surface area contributed by atoms with Crippen molar-refractivity contribution in [2.75, 3.05) is 5.43 Å². The third kappa shape index (κ3) is 7.71. The Bertz CT molecular complexity index is 939. The molecule has 172 valence electrons. The van der Waals surface area contributed by atoms with Crippen molar-refractivity contribution in [1.82, 2.24) is 4.68 Å². The highest BCUT2D eigenvalue weighted by atomic mass is 16.2. The molecule has 0 spiro atoms. The lowest BCUT2D eigenvalue weighted by Gasteiger charge is -2.14. The van der Waals surface area contributed by atoms with E-state index in [9.17, 15) is 4.79 Å². The topological polar surface area (TPSA) is 34.0 Å². The fraction of sp³-hybridized carbons (Fsp3) is 0.414. The van der Waals surface area contributed by atoms with Crippen LogP contribution in [0, 0.1) is 12.8 Å². The first kappa shape index (κ1) is 25.5. The molecule has 1 aromatic carbocycles. The lowest BCUT2D eigenvalue weighted by Crippen LogP contribution is -2.23. The fourth-order valence-corrected chi connectivity index (χ4v) is 3.58. The normalized spacial score (nSPS) is 12.4. The summed E-state index contributed by atoms with van der Waals surface area (Å²) in [5.41, 5.74) is 8.44. The Hall–Kier alpha value is -2.81. The van der Waals surface area contributed by atoms with Crippen LogP contribution in [-0.2, 0) is 0 Å². The van der Waals surface area contributed by atoms with Crippen molar-refractivity contribution in [2.45, 2.75) is 73.1 Å². The van der Waals surface area contributed by atoms with Gasteiger partial charge in [0, 0.05) is 11.8 Å². The van der Waals surface area contributed by atoms with Gasteiger partial charge in [-0.15, -0.1) is 0 Å². The Kier molecular flexibility index (Phi) is 10.3. The molecular formula is C29H40N2O. The molecule has 0 aliphatic carbocycles. The molecule has 1 unspecified atom stereocenters. The number of hydrogen-bond acceptors (Lipinski definition) is 1. The maximum atomic E-state index is 13.0. The van der Waals surface area contributed by atoms with Crippen LogP contribution in [0.15, 0.2) is 66.4 Å². The Morgan fingerprint density at radius 3 is 2.22 bits per heavy atom. The summed E-state index contributed by atoms with van der Waals surface area (Å²) < 4.78 is 1.84. The Balaban J connectivity index is 2.23. The standard InChI is InChI=1S/C29H40N2O/c1-7-8-9-14-23(4)25(6)21-28-24(5)19-20-31(28)30-29(32)27-17-12-10-15-26(22(2)3)16-11-13-18-27/h10-13,15-23H,7-9,14H2,1-6H3,(H,30,32). The minimum absolute atomic E-state index is 0.133. The van der Waals surface area contributed by atoms with Gasteiger partial charge < -0.3 is 0 Å². The van der Waals surface area contributed by atoms with Gasteiger partial charge in [0.1, 0.15) is 0 Å². The molecule has 1 aromatic heterocycles. The predicted molar refractivity (Wildman–Crippen MR) is 138 cm³/mol. The SMILES string of the molecule is CCCCCC(C)C(C)=Cc1c(C)ccn1NC(=O)c1ccccc(C(C)C)cccc1. The predicted octanol–water partition coefficient (Wildman–Crippen LogP) is 8.05. The zero-order chi connectivity index (χ0) is 23.5. The molecule has 3 nitrogen and oxygen atoms in total. The number of hydrogen-bond donors (Lipinski definition) is 1. The molecule has 32 heavy (non-hydrogen) atoms. The largest absolute Gasteiger partial charge is 0.270 e. The Morgan fingerprint density at radius 2 is 1.62 bits per heavy atom. The monoisotopic (exact) mass is 432 g/mol. The smallest absolute Gasteiger partial charge is 0.267 e. The second-order valence-corrected chi connectivity index (χ2v) is 9.03. The molecule has 3 heteroatoms. The van der Waals surface area contributed by atoms with Crippen LogP contribution < -0.4 is 5.43 Å². The zero-order valence-corrected chi connectivity index (χ0v) is 20.7. The first-order chi connectivity index (χ1) is 15.3. The van der Waals surface area contributed by atoms with Gasteiger partial charge in [-0.1, -0.05) is 88.9 Å². The van der Waals surface area contributed by atoms with Gasteiger partial charge in [-0.05, 0) is 67.5 Å². The van der Waals surface area contributed by atoms with Crippen LogP contribution in [0.4, 0.5) is 0 Å². The third-order valence-corrected chi connectivity index (χ3v) is 6.02. The zero-order valence-electron chi connectivity index (χ0n) is 20.7. The molecule has 1 amide bonds. The van der Waals surface area contributed by atoms with E-state index in [1.165, 1.54) is 36.8 Å². The maximum absolute atomic E-state index is 13.0. The van der Waals surface area contributed by atoms with Crippen molar-refractivity contribution in [3.63, 3.8) is 0 Å². The van der Waals surface area contributed by atoms with Crippen molar-refractivity contribution < 1.29 is 4.79 Å². The van der Waals surface area contributed by atoms with E-state index >= 15 is 0 Å². The summed E-state index contributed by atoms with van der Waals surface area (Å²) in [6, 6.07) is 17.8. The number of aryl methyl sites for hydroxylation is 1. The molecule has 0 aliphatic heterocycles. The number of nitrogens with zero attached hydrogens (tertiary/aromatic N) is 1. The average Bonchev–Trinajstić information content (AvgIpc) is 3.10. The maximum Gasteiger partial charge on any atom is 0.270 e. The third-order valence-electron chi connectivity index (χ3n) is 6.02. The minimum Gasteiger partial charge on any atom is -0.267 e. The Morgan fingerprint density at radius 1 is 1.00 bits per heavy atom. The lowest BCUT2D eigenvalue weighted by atomic mass is 9.95. The van der Waals surface area contributed by atoms with E-state index in [0.29, 0.717) is 17.4 Å². The molecule has 1 heterocycles. The summed E-state index contributed by atoms with van der Waals surface area (Å²) in [7, 11) is 0. The number of carbonyl (C=O) groups is 1. The summed E-state index contributed by atoms with van der Waals surface area (Å²) in [5.74, 6) is 0.855. The molecular weight excluding hydrogens is 392 g/mol. The Labute approximate surface area is 194 Å². The first-order valence-electron chi connectivity index (χ1n) is 11.9. The van der Waals surface area contributed by atoms with Crippen LogP contribution in [0.1, 0.15) is 93.4 Å². The van der Waals surface area contributed by atoms with Crippen molar-refractivity contribution in [2.24, 2.45) is 5.92 Å². The van der Waals surface area contributed by atoms with Gasteiger partial charge in [0.25, 0.3) is 5.91 Å². The minimum atomic E-state index is -0.133. The van der Waals surface area contributed by atoms with Gasteiger partial charge in [-0.3, -0.25) is 14.9 Å².